The molecule has 1 fully saturated rings. The van der Waals surface area contributed by atoms with E-state index < -0.39 is 0 Å². The minimum absolute atomic E-state index is 0.188. The summed E-state index contributed by atoms with van der Waals surface area (Å²) in [5, 5.41) is 9.73. The Kier molecular flexibility index (Phi) is 3.79. The zero-order valence-corrected chi connectivity index (χ0v) is 12.1. The van der Waals surface area contributed by atoms with E-state index in [1.165, 1.54) is 24.0 Å². The third-order valence-corrected chi connectivity index (χ3v) is 4.73. The van der Waals surface area contributed by atoms with Crippen molar-refractivity contribution in [2.75, 3.05) is 13.1 Å². The van der Waals surface area contributed by atoms with Crippen LogP contribution in [0.5, 0.6) is 0 Å². The molecule has 1 amide bonds. The number of benzene rings is 1. The van der Waals surface area contributed by atoms with Gasteiger partial charge >= 0.3 is 0 Å². The summed E-state index contributed by atoms with van der Waals surface area (Å²) in [5.41, 5.74) is 4.02. The summed E-state index contributed by atoms with van der Waals surface area (Å²) >= 11 is 0. The third-order valence-electron chi connectivity index (χ3n) is 4.73. The van der Waals surface area contributed by atoms with Crippen LogP contribution in [-0.2, 0) is 24.1 Å². The molecule has 0 aromatic heterocycles. The van der Waals surface area contributed by atoms with E-state index in [0.29, 0.717) is 25.9 Å². The van der Waals surface area contributed by atoms with E-state index in [2.05, 4.69) is 18.2 Å². The van der Waals surface area contributed by atoms with Gasteiger partial charge < -0.3 is 10.0 Å². The Morgan fingerprint density at radius 2 is 2.15 bits per heavy atom. The van der Waals surface area contributed by atoms with E-state index in [4.69, 9.17) is 0 Å². The van der Waals surface area contributed by atoms with Crippen LogP contribution in [-0.4, -0.2) is 35.1 Å². The van der Waals surface area contributed by atoms with Crippen LogP contribution in [0.3, 0.4) is 0 Å². The monoisotopic (exact) mass is 273 g/mol. The number of amides is 1. The Morgan fingerprint density at radius 3 is 2.95 bits per heavy atom. The summed E-state index contributed by atoms with van der Waals surface area (Å²) in [5.74, 6) is 0.384. The quantitative estimate of drug-likeness (QED) is 0.894. The lowest BCUT2D eigenvalue weighted by molar-refractivity contribution is -0.133. The second-order valence-corrected chi connectivity index (χ2v) is 6.31. The number of likely N-dealkylation sites (tertiary alicyclic amines) is 1. The first-order valence-electron chi connectivity index (χ1n) is 7.70. The van der Waals surface area contributed by atoms with Gasteiger partial charge in [-0.1, -0.05) is 25.1 Å². The molecule has 1 aliphatic carbocycles. The maximum absolute atomic E-state index is 12.4. The standard InChI is InChI=1S/C17H23NO2/c1-12-11-18(8-7-16(12)19)17(20)10-13-5-6-14-3-2-4-15(14)9-13/h5-6,9,12,16,19H,2-4,7-8,10-11H2,1H3. The van der Waals surface area contributed by atoms with Crippen LogP contribution < -0.4 is 0 Å². The van der Waals surface area contributed by atoms with E-state index in [-0.39, 0.29) is 17.9 Å². The first kappa shape index (κ1) is 13.6. The number of aliphatic hydroxyl groups excluding tert-OH is 1. The van der Waals surface area contributed by atoms with Gasteiger partial charge in [-0.3, -0.25) is 4.79 Å². The number of fused-ring (bicyclic) bond motifs is 1. The molecule has 20 heavy (non-hydrogen) atoms. The molecular weight excluding hydrogens is 250 g/mol. The van der Waals surface area contributed by atoms with E-state index in [1.807, 2.05) is 11.8 Å². The normalized spacial score (nSPS) is 25.6. The van der Waals surface area contributed by atoms with Crippen LogP contribution in [0.15, 0.2) is 18.2 Å². The first-order valence-corrected chi connectivity index (χ1v) is 7.70. The third kappa shape index (κ3) is 2.73. The van der Waals surface area contributed by atoms with Gasteiger partial charge in [-0.15, -0.1) is 0 Å². The lowest BCUT2D eigenvalue weighted by Crippen LogP contribution is -2.45. The molecule has 2 unspecified atom stereocenters. The largest absolute Gasteiger partial charge is 0.393 e. The van der Waals surface area contributed by atoms with E-state index in [9.17, 15) is 9.90 Å². The highest BCUT2D eigenvalue weighted by Gasteiger charge is 2.27. The molecule has 3 nitrogen and oxygen atoms in total. The number of nitrogens with zero attached hydrogens (tertiary/aromatic N) is 1. The Balaban J connectivity index is 1.64. The second-order valence-electron chi connectivity index (χ2n) is 6.31. The highest BCUT2D eigenvalue weighted by atomic mass is 16.3. The molecule has 1 aromatic carbocycles. The maximum atomic E-state index is 12.4. The van der Waals surface area contributed by atoms with Crippen molar-refractivity contribution in [3.8, 4) is 0 Å². The number of hydrogen-bond acceptors (Lipinski definition) is 2. The lowest BCUT2D eigenvalue weighted by atomic mass is 9.96. The fourth-order valence-corrected chi connectivity index (χ4v) is 3.38. The molecule has 108 valence electrons. The lowest BCUT2D eigenvalue weighted by Gasteiger charge is -2.34. The number of rotatable bonds is 2. The average Bonchev–Trinajstić information content (AvgIpc) is 2.89. The minimum atomic E-state index is -0.251. The van der Waals surface area contributed by atoms with Crippen molar-refractivity contribution in [2.45, 2.75) is 45.1 Å². The van der Waals surface area contributed by atoms with E-state index in [1.54, 1.807) is 0 Å². The summed E-state index contributed by atoms with van der Waals surface area (Å²) in [6, 6.07) is 6.50. The van der Waals surface area contributed by atoms with Gasteiger partial charge in [0, 0.05) is 13.1 Å². The van der Waals surface area contributed by atoms with Crippen molar-refractivity contribution < 1.29 is 9.90 Å². The zero-order valence-electron chi connectivity index (χ0n) is 12.1. The fraction of sp³-hybridized carbons (Fsp3) is 0.588. The van der Waals surface area contributed by atoms with Crippen LogP contribution in [0.4, 0.5) is 0 Å². The first-order chi connectivity index (χ1) is 9.63. The molecular formula is C17H23NO2. The molecule has 2 atom stereocenters. The molecule has 1 N–H and O–H groups in total. The van der Waals surface area contributed by atoms with Crippen molar-refractivity contribution >= 4 is 5.91 Å². The average molecular weight is 273 g/mol. The van der Waals surface area contributed by atoms with Gasteiger partial charge in [0.2, 0.25) is 5.91 Å². The van der Waals surface area contributed by atoms with Gasteiger partial charge in [-0.25, -0.2) is 0 Å². The number of aryl methyl sites for hydroxylation is 2. The van der Waals surface area contributed by atoms with Gasteiger partial charge in [0.15, 0.2) is 0 Å². The van der Waals surface area contributed by atoms with Gasteiger partial charge in [0.25, 0.3) is 0 Å². The minimum Gasteiger partial charge on any atom is -0.393 e. The molecule has 0 spiro atoms. The Hall–Kier alpha value is -1.35. The molecule has 1 heterocycles. The molecule has 2 aliphatic rings. The Labute approximate surface area is 120 Å². The summed E-state index contributed by atoms with van der Waals surface area (Å²) in [4.78, 5) is 14.3. The predicted octanol–water partition coefficient (Wildman–Crippen LogP) is 1.95. The summed E-state index contributed by atoms with van der Waals surface area (Å²) in [7, 11) is 0. The molecule has 3 rings (SSSR count). The van der Waals surface area contributed by atoms with Crippen LogP contribution in [0.25, 0.3) is 0 Å². The topological polar surface area (TPSA) is 40.5 Å². The number of carbonyl (C=O) groups is 1. The fourth-order valence-electron chi connectivity index (χ4n) is 3.38. The van der Waals surface area contributed by atoms with Crippen molar-refractivity contribution in [1.82, 2.24) is 4.90 Å². The van der Waals surface area contributed by atoms with Crippen LogP contribution in [0.2, 0.25) is 0 Å². The summed E-state index contributed by atoms with van der Waals surface area (Å²) in [6.45, 7) is 3.39. The molecule has 3 heteroatoms. The summed E-state index contributed by atoms with van der Waals surface area (Å²) < 4.78 is 0. The number of piperidine rings is 1. The Morgan fingerprint density at radius 1 is 1.35 bits per heavy atom. The highest BCUT2D eigenvalue weighted by molar-refractivity contribution is 5.79. The SMILES string of the molecule is CC1CN(C(=O)Cc2ccc3c(c2)CCC3)CCC1O. The number of carbonyl (C=O) groups excluding carboxylic acids is 1. The molecule has 0 radical (unpaired) electrons. The molecule has 1 aromatic rings. The van der Waals surface area contributed by atoms with Crippen molar-refractivity contribution in [3.05, 3.63) is 34.9 Å². The van der Waals surface area contributed by atoms with Crippen molar-refractivity contribution in [1.29, 1.82) is 0 Å². The van der Waals surface area contributed by atoms with Crippen LogP contribution >= 0.6 is 0 Å². The Bertz CT molecular complexity index is 512. The molecule has 0 saturated carbocycles. The molecule has 0 bridgehead atoms. The van der Waals surface area contributed by atoms with Crippen molar-refractivity contribution in [2.24, 2.45) is 5.92 Å². The van der Waals surface area contributed by atoms with Gasteiger partial charge in [-0.2, -0.15) is 0 Å². The molecule has 1 saturated heterocycles. The van der Waals surface area contributed by atoms with Gasteiger partial charge in [0.05, 0.1) is 12.5 Å². The second kappa shape index (κ2) is 5.57. The van der Waals surface area contributed by atoms with Gasteiger partial charge in [0.1, 0.15) is 0 Å². The zero-order chi connectivity index (χ0) is 14.1. The number of aliphatic hydroxyl groups is 1. The van der Waals surface area contributed by atoms with Crippen LogP contribution in [0, 0.1) is 5.92 Å². The maximum Gasteiger partial charge on any atom is 0.227 e. The van der Waals surface area contributed by atoms with Gasteiger partial charge in [-0.05, 0) is 48.3 Å². The number of hydrogen-bond donors (Lipinski definition) is 1. The summed E-state index contributed by atoms with van der Waals surface area (Å²) in [6.07, 6.45) is 4.54. The van der Waals surface area contributed by atoms with E-state index in [0.717, 1.165) is 12.0 Å². The van der Waals surface area contributed by atoms with E-state index >= 15 is 0 Å². The van der Waals surface area contributed by atoms with Crippen LogP contribution in [0.1, 0.15) is 36.5 Å². The van der Waals surface area contributed by atoms with Crippen molar-refractivity contribution in [3.63, 3.8) is 0 Å². The predicted molar refractivity (Wildman–Crippen MR) is 78.5 cm³/mol. The highest BCUT2D eigenvalue weighted by Crippen LogP contribution is 2.24. The smallest absolute Gasteiger partial charge is 0.227 e. The molecule has 1 aliphatic heterocycles.